The molecule has 0 spiro atoms. The van der Waals surface area contributed by atoms with Crippen molar-refractivity contribution in [3.05, 3.63) is 64.7 Å². The Morgan fingerprint density at radius 1 is 1.00 bits per heavy atom. The van der Waals surface area contributed by atoms with E-state index in [0.717, 1.165) is 22.5 Å². The minimum Gasteiger partial charge on any atom is -0.228 e. The molecule has 146 valence electrons. The molecule has 1 aliphatic heterocycles. The van der Waals surface area contributed by atoms with E-state index in [1.165, 1.54) is 0 Å². The number of hydrogen-bond acceptors (Lipinski definition) is 4. The van der Waals surface area contributed by atoms with Crippen LogP contribution in [0.5, 0.6) is 0 Å². The normalized spacial score (nSPS) is 20.9. The molecule has 1 unspecified atom stereocenters. The number of rotatable bonds is 3. The molecule has 5 nitrogen and oxygen atoms in total. The highest BCUT2D eigenvalue weighted by Crippen LogP contribution is 2.35. The Morgan fingerprint density at radius 3 is 2.26 bits per heavy atom. The Bertz CT molecular complexity index is 1050. The molecule has 0 radical (unpaired) electrons. The predicted octanol–water partition coefficient (Wildman–Crippen LogP) is 3.17. The van der Waals surface area contributed by atoms with Crippen LogP contribution in [0.2, 0.25) is 5.02 Å². The SMILES string of the molecule is O=S1(=O)CCN(S(=O)(=O)c2c(F)cccc2F)CCC1c1ccccc1Cl. The number of sulfone groups is 1. The first-order valence-electron chi connectivity index (χ1n) is 8.05. The van der Waals surface area contributed by atoms with Gasteiger partial charge in [0, 0.05) is 18.1 Å². The Labute approximate surface area is 161 Å². The highest BCUT2D eigenvalue weighted by atomic mass is 35.5. The molecule has 3 rings (SSSR count). The lowest BCUT2D eigenvalue weighted by Crippen LogP contribution is -2.34. The van der Waals surface area contributed by atoms with E-state index in [1.807, 2.05) is 0 Å². The molecule has 0 saturated carbocycles. The highest BCUT2D eigenvalue weighted by molar-refractivity contribution is 7.92. The van der Waals surface area contributed by atoms with Gasteiger partial charge in [-0.3, -0.25) is 0 Å². The third kappa shape index (κ3) is 3.87. The fourth-order valence-corrected chi connectivity index (χ4v) is 6.94. The molecule has 1 aliphatic rings. The van der Waals surface area contributed by atoms with Crippen molar-refractivity contribution in [1.82, 2.24) is 4.31 Å². The number of halogens is 3. The molecule has 0 bridgehead atoms. The first-order chi connectivity index (χ1) is 12.6. The number of nitrogens with zero attached hydrogens (tertiary/aromatic N) is 1. The van der Waals surface area contributed by atoms with Crippen molar-refractivity contribution >= 4 is 31.5 Å². The van der Waals surface area contributed by atoms with Crippen LogP contribution in [-0.2, 0) is 19.9 Å². The smallest absolute Gasteiger partial charge is 0.228 e. The molecule has 2 aromatic carbocycles. The van der Waals surface area contributed by atoms with Crippen LogP contribution in [0.15, 0.2) is 47.4 Å². The minimum atomic E-state index is -4.53. The lowest BCUT2D eigenvalue weighted by atomic mass is 10.1. The van der Waals surface area contributed by atoms with Gasteiger partial charge in [-0.25, -0.2) is 25.6 Å². The van der Waals surface area contributed by atoms with Crippen LogP contribution in [0.1, 0.15) is 17.2 Å². The molecule has 2 aromatic rings. The van der Waals surface area contributed by atoms with Crippen LogP contribution in [-0.4, -0.2) is 40.0 Å². The van der Waals surface area contributed by atoms with Crippen LogP contribution in [0.3, 0.4) is 0 Å². The van der Waals surface area contributed by atoms with E-state index in [-0.39, 0.29) is 24.5 Å². The molecule has 0 aliphatic carbocycles. The van der Waals surface area contributed by atoms with Crippen molar-refractivity contribution < 1.29 is 25.6 Å². The zero-order valence-corrected chi connectivity index (χ0v) is 16.4. The molecule has 0 amide bonds. The summed E-state index contributed by atoms with van der Waals surface area (Å²) in [6.45, 7) is -0.593. The Kier molecular flexibility index (Phi) is 5.58. The first-order valence-corrected chi connectivity index (χ1v) is 11.6. The summed E-state index contributed by atoms with van der Waals surface area (Å²) in [7, 11) is -8.24. The van der Waals surface area contributed by atoms with E-state index in [9.17, 15) is 25.6 Å². The zero-order valence-electron chi connectivity index (χ0n) is 14.0. The topological polar surface area (TPSA) is 71.5 Å². The van der Waals surface area contributed by atoms with Crippen molar-refractivity contribution in [3.8, 4) is 0 Å². The largest absolute Gasteiger partial charge is 0.248 e. The van der Waals surface area contributed by atoms with Crippen molar-refractivity contribution in [2.45, 2.75) is 16.6 Å². The van der Waals surface area contributed by atoms with Gasteiger partial charge in [0.25, 0.3) is 0 Å². The number of hydrogen-bond donors (Lipinski definition) is 0. The average molecular weight is 436 g/mol. The molecular formula is C17H16ClF2NO4S2. The fraction of sp³-hybridized carbons (Fsp3) is 0.294. The number of benzene rings is 2. The van der Waals surface area contributed by atoms with E-state index in [0.29, 0.717) is 5.56 Å². The van der Waals surface area contributed by atoms with Gasteiger partial charge in [-0.2, -0.15) is 4.31 Å². The average Bonchev–Trinajstić information content (AvgIpc) is 2.73. The van der Waals surface area contributed by atoms with Crippen LogP contribution in [0.4, 0.5) is 8.78 Å². The third-order valence-corrected chi connectivity index (χ3v) is 8.87. The van der Waals surface area contributed by atoms with E-state index < -0.39 is 47.4 Å². The van der Waals surface area contributed by atoms with Crippen LogP contribution in [0, 0.1) is 11.6 Å². The standard InChI is InChI=1S/C17H16ClF2NO4S2/c18-13-5-2-1-4-12(13)16-8-9-21(10-11-26(16,22)23)27(24,25)17-14(19)6-3-7-15(17)20/h1-7,16H,8-11H2. The summed E-state index contributed by atoms with van der Waals surface area (Å²) in [5, 5.41) is -0.723. The lowest BCUT2D eigenvalue weighted by molar-refractivity contribution is 0.417. The van der Waals surface area contributed by atoms with E-state index in [2.05, 4.69) is 0 Å². The second-order valence-corrected chi connectivity index (χ2v) is 10.7. The second-order valence-electron chi connectivity index (χ2n) is 6.12. The Balaban J connectivity index is 1.97. The third-order valence-electron chi connectivity index (χ3n) is 4.47. The van der Waals surface area contributed by atoms with E-state index >= 15 is 0 Å². The van der Waals surface area contributed by atoms with Crippen molar-refractivity contribution in [1.29, 1.82) is 0 Å². The van der Waals surface area contributed by atoms with Crippen LogP contribution < -0.4 is 0 Å². The maximum Gasteiger partial charge on any atom is 0.248 e. The minimum absolute atomic E-state index is 0.0681. The Morgan fingerprint density at radius 2 is 1.63 bits per heavy atom. The monoisotopic (exact) mass is 435 g/mol. The Hall–Kier alpha value is -1.55. The molecule has 0 N–H and O–H groups in total. The molecule has 27 heavy (non-hydrogen) atoms. The summed E-state index contributed by atoms with van der Waals surface area (Å²) in [6.07, 6.45) is -0.0681. The summed E-state index contributed by atoms with van der Waals surface area (Å²) >= 11 is 6.11. The lowest BCUT2D eigenvalue weighted by Gasteiger charge is -2.20. The van der Waals surface area contributed by atoms with Crippen LogP contribution >= 0.6 is 11.6 Å². The fourth-order valence-electron chi connectivity index (χ4n) is 3.11. The molecule has 1 atom stereocenters. The molecule has 10 heteroatoms. The van der Waals surface area contributed by atoms with Gasteiger partial charge in [0.1, 0.15) is 11.6 Å². The van der Waals surface area contributed by atoms with Gasteiger partial charge in [-0.15, -0.1) is 0 Å². The van der Waals surface area contributed by atoms with E-state index in [4.69, 9.17) is 11.6 Å². The van der Waals surface area contributed by atoms with Crippen LogP contribution in [0.25, 0.3) is 0 Å². The summed E-state index contributed by atoms with van der Waals surface area (Å²) in [5.41, 5.74) is 0.385. The molecule has 1 heterocycles. The van der Waals surface area contributed by atoms with E-state index in [1.54, 1.807) is 24.3 Å². The summed E-state index contributed by atoms with van der Waals surface area (Å²) in [6, 6.07) is 9.18. The summed E-state index contributed by atoms with van der Waals surface area (Å²) < 4.78 is 79.5. The molecule has 0 aromatic heterocycles. The predicted molar refractivity (Wildman–Crippen MR) is 97.7 cm³/mol. The summed E-state index contributed by atoms with van der Waals surface area (Å²) in [4.78, 5) is -1.07. The molecule has 1 saturated heterocycles. The van der Waals surface area contributed by atoms with Crippen molar-refractivity contribution in [2.75, 3.05) is 18.8 Å². The van der Waals surface area contributed by atoms with Gasteiger partial charge >= 0.3 is 0 Å². The molecular weight excluding hydrogens is 420 g/mol. The molecule has 1 fully saturated rings. The second kappa shape index (κ2) is 7.46. The highest BCUT2D eigenvalue weighted by Gasteiger charge is 2.38. The van der Waals surface area contributed by atoms with Gasteiger partial charge in [-0.1, -0.05) is 35.9 Å². The zero-order chi connectivity index (χ0) is 19.8. The van der Waals surface area contributed by atoms with Gasteiger partial charge in [0.15, 0.2) is 14.7 Å². The van der Waals surface area contributed by atoms with Gasteiger partial charge in [-0.05, 0) is 30.2 Å². The number of sulfonamides is 1. The van der Waals surface area contributed by atoms with Crippen molar-refractivity contribution in [2.24, 2.45) is 0 Å². The quantitative estimate of drug-likeness (QED) is 0.742. The van der Waals surface area contributed by atoms with Gasteiger partial charge in [0.2, 0.25) is 10.0 Å². The van der Waals surface area contributed by atoms with Gasteiger partial charge in [0.05, 0.1) is 11.0 Å². The first kappa shape index (κ1) is 20.2. The maximum atomic E-state index is 14.0. The van der Waals surface area contributed by atoms with Crippen molar-refractivity contribution in [3.63, 3.8) is 0 Å². The van der Waals surface area contributed by atoms with Gasteiger partial charge < -0.3 is 0 Å². The summed E-state index contributed by atoms with van der Waals surface area (Å²) in [5.74, 6) is -2.91. The maximum absolute atomic E-state index is 14.0.